The van der Waals surface area contributed by atoms with Gasteiger partial charge in [-0.05, 0) is 40.0 Å². The van der Waals surface area contributed by atoms with Gasteiger partial charge >= 0.3 is 0 Å². The van der Waals surface area contributed by atoms with Gasteiger partial charge in [-0.25, -0.2) is 0 Å². The molecule has 0 atom stereocenters. The maximum Gasteiger partial charge on any atom is 0.293 e. The van der Waals surface area contributed by atoms with Gasteiger partial charge in [-0.1, -0.05) is 5.92 Å². The first kappa shape index (κ1) is 9.62. The van der Waals surface area contributed by atoms with Gasteiger partial charge < -0.3 is 11.5 Å². The molecule has 0 aliphatic carbocycles. The number of amides is 1. The normalized spacial score (nSPS) is 8.69. The second-order valence-electron chi connectivity index (χ2n) is 2.35. The Morgan fingerprint density at radius 1 is 1.46 bits per heavy atom. The van der Waals surface area contributed by atoms with Gasteiger partial charge in [0, 0.05) is 15.7 Å². The average molecular weight is 239 g/mol. The van der Waals surface area contributed by atoms with E-state index in [0.29, 0.717) is 11.3 Å². The second-order valence-corrected chi connectivity index (χ2v) is 3.20. The SMILES string of the molecule is NC(=O)C#Cc1ccc(N)c(Br)c1. The fourth-order valence-electron chi connectivity index (χ4n) is 0.739. The third-order valence-corrected chi connectivity index (χ3v) is 2.02. The summed E-state index contributed by atoms with van der Waals surface area (Å²) in [6.45, 7) is 0. The number of carbonyl (C=O) groups excluding carboxylic acids is 1. The molecule has 0 spiro atoms. The van der Waals surface area contributed by atoms with Crippen LogP contribution in [0.5, 0.6) is 0 Å². The molecule has 4 N–H and O–H groups in total. The zero-order valence-corrected chi connectivity index (χ0v) is 8.26. The number of halogens is 1. The fourth-order valence-corrected chi connectivity index (χ4v) is 1.12. The van der Waals surface area contributed by atoms with Gasteiger partial charge in [-0.15, -0.1) is 0 Å². The third kappa shape index (κ3) is 2.80. The molecule has 1 aromatic rings. The first-order valence-corrected chi connectivity index (χ1v) is 4.25. The first-order valence-electron chi connectivity index (χ1n) is 3.46. The van der Waals surface area contributed by atoms with E-state index in [1.54, 1.807) is 18.2 Å². The Morgan fingerprint density at radius 2 is 2.15 bits per heavy atom. The Balaban J connectivity index is 3.00. The molecule has 0 aromatic heterocycles. The largest absolute Gasteiger partial charge is 0.398 e. The monoisotopic (exact) mass is 238 g/mol. The van der Waals surface area contributed by atoms with Crippen molar-refractivity contribution in [3.05, 3.63) is 28.2 Å². The maximum absolute atomic E-state index is 10.3. The molecule has 0 unspecified atom stereocenters. The molecule has 1 rings (SSSR count). The highest BCUT2D eigenvalue weighted by Gasteiger charge is 1.94. The van der Waals surface area contributed by atoms with Crippen LogP contribution in [0.3, 0.4) is 0 Å². The minimum absolute atomic E-state index is 0.629. The van der Waals surface area contributed by atoms with Gasteiger partial charge in [-0.2, -0.15) is 0 Å². The van der Waals surface area contributed by atoms with Crippen molar-refractivity contribution in [1.82, 2.24) is 0 Å². The van der Waals surface area contributed by atoms with Crippen LogP contribution in [0.25, 0.3) is 0 Å². The molecule has 0 aliphatic heterocycles. The van der Waals surface area contributed by atoms with Crippen LogP contribution < -0.4 is 11.5 Å². The van der Waals surface area contributed by atoms with E-state index < -0.39 is 5.91 Å². The number of nitrogen functional groups attached to an aromatic ring is 1. The van der Waals surface area contributed by atoms with Crippen LogP contribution in [-0.2, 0) is 4.79 Å². The summed E-state index contributed by atoms with van der Waals surface area (Å²) in [5.41, 5.74) is 11.7. The van der Waals surface area contributed by atoms with Crippen molar-refractivity contribution >= 4 is 27.5 Å². The van der Waals surface area contributed by atoms with E-state index in [9.17, 15) is 4.79 Å². The summed E-state index contributed by atoms with van der Waals surface area (Å²) in [4.78, 5) is 10.3. The predicted molar refractivity (Wildman–Crippen MR) is 54.6 cm³/mol. The van der Waals surface area contributed by atoms with Gasteiger partial charge in [0.05, 0.1) is 0 Å². The van der Waals surface area contributed by atoms with Crippen LogP contribution in [-0.4, -0.2) is 5.91 Å². The van der Waals surface area contributed by atoms with E-state index in [1.165, 1.54) is 0 Å². The van der Waals surface area contributed by atoms with E-state index in [2.05, 4.69) is 27.8 Å². The van der Waals surface area contributed by atoms with Crippen molar-refractivity contribution in [2.45, 2.75) is 0 Å². The minimum Gasteiger partial charge on any atom is -0.398 e. The summed E-state index contributed by atoms with van der Waals surface area (Å²) in [5, 5.41) is 0. The van der Waals surface area contributed by atoms with E-state index in [1.807, 2.05) is 0 Å². The second kappa shape index (κ2) is 3.97. The Labute approximate surface area is 84.2 Å². The van der Waals surface area contributed by atoms with E-state index in [0.717, 1.165) is 4.47 Å². The number of anilines is 1. The van der Waals surface area contributed by atoms with Gasteiger partial charge in [0.25, 0.3) is 5.91 Å². The number of benzene rings is 1. The quantitative estimate of drug-likeness (QED) is 0.521. The topological polar surface area (TPSA) is 69.1 Å². The Hall–Kier alpha value is -1.47. The van der Waals surface area contributed by atoms with Gasteiger partial charge in [0.15, 0.2) is 0 Å². The molecule has 3 nitrogen and oxygen atoms in total. The van der Waals surface area contributed by atoms with Crippen molar-refractivity contribution < 1.29 is 4.79 Å². The molecule has 13 heavy (non-hydrogen) atoms. The molecule has 0 bridgehead atoms. The van der Waals surface area contributed by atoms with Crippen LogP contribution in [0.2, 0.25) is 0 Å². The molecule has 0 aliphatic rings. The number of hydrogen-bond donors (Lipinski definition) is 2. The molecule has 1 aromatic carbocycles. The van der Waals surface area contributed by atoms with E-state index in [4.69, 9.17) is 11.5 Å². The number of carbonyl (C=O) groups is 1. The lowest BCUT2D eigenvalue weighted by molar-refractivity contribution is -0.112. The van der Waals surface area contributed by atoms with E-state index >= 15 is 0 Å². The van der Waals surface area contributed by atoms with Crippen molar-refractivity contribution in [2.75, 3.05) is 5.73 Å². The summed E-state index contributed by atoms with van der Waals surface area (Å²) >= 11 is 3.24. The highest BCUT2D eigenvalue weighted by molar-refractivity contribution is 9.10. The lowest BCUT2D eigenvalue weighted by Crippen LogP contribution is -2.06. The van der Waals surface area contributed by atoms with Crippen LogP contribution >= 0.6 is 15.9 Å². The molecular formula is C9H7BrN2O. The van der Waals surface area contributed by atoms with Crippen molar-refractivity contribution in [3.63, 3.8) is 0 Å². The molecule has 66 valence electrons. The Bertz CT molecular complexity index is 404. The summed E-state index contributed by atoms with van der Waals surface area (Å²) in [6.07, 6.45) is 0. The van der Waals surface area contributed by atoms with Crippen LogP contribution in [0.1, 0.15) is 5.56 Å². The minimum atomic E-state index is -0.645. The van der Waals surface area contributed by atoms with Crippen molar-refractivity contribution in [2.24, 2.45) is 5.73 Å². The zero-order valence-electron chi connectivity index (χ0n) is 6.67. The molecule has 0 fully saturated rings. The average Bonchev–Trinajstić information content (AvgIpc) is 2.07. The predicted octanol–water partition coefficient (Wildman–Crippen LogP) is 0.868. The van der Waals surface area contributed by atoms with Crippen LogP contribution in [0, 0.1) is 11.8 Å². The number of primary amides is 1. The lowest BCUT2D eigenvalue weighted by atomic mass is 10.2. The number of rotatable bonds is 0. The molecule has 4 heteroatoms. The molecule has 0 saturated carbocycles. The van der Waals surface area contributed by atoms with Gasteiger partial charge in [0.2, 0.25) is 0 Å². The highest BCUT2D eigenvalue weighted by Crippen LogP contribution is 2.19. The molecule has 0 saturated heterocycles. The van der Waals surface area contributed by atoms with E-state index in [-0.39, 0.29) is 0 Å². The maximum atomic E-state index is 10.3. The number of hydrogen-bond acceptors (Lipinski definition) is 2. The molecule has 0 heterocycles. The first-order chi connectivity index (χ1) is 6.09. The zero-order chi connectivity index (χ0) is 9.84. The van der Waals surface area contributed by atoms with Crippen molar-refractivity contribution in [3.8, 4) is 11.8 Å². The molecule has 0 radical (unpaired) electrons. The lowest BCUT2D eigenvalue weighted by Gasteiger charge is -1.96. The smallest absolute Gasteiger partial charge is 0.293 e. The van der Waals surface area contributed by atoms with Crippen LogP contribution in [0.15, 0.2) is 22.7 Å². The van der Waals surface area contributed by atoms with Crippen LogP contribution in [0.4, 0.5) is 5.69 Å². The summed E-state index contributed by atoms with van der Waals surface area (Å²) in [6, 6.07) is 5.15. The van der Waals surface area contributed by atoms with Crippen molar-refractivity contribution in [1.29, 1.82) is 0 Å². The fraction of sp³-hybridized carbons (Fsp3) is 0. The molecular weight excluding hydrogens is 232 g/mol. The third-order valence-electron chi connectivity index (χ3n) is 1.33. The Kier molecular flexibility index (Phi) is 2.93. The summed E-state index contributed by atoms with van der Waals surface area (Å²) < 4.78 is 0.753. The highest BCUT2D eigenvalue weighted by atomic mass is 79.9. The Morgan fingerprint density at radius 3 is 2.69 bits per heavy atom. The summed E-state index contributed by atoms with van der Waals surface area (Å²) in [5.74, 6) is 4.19. The standard InChI is InChI=1S/C9H7BrN2O/c10-7-5-6(1-3-8(7)11)2-4-9(12)13/h1,3,5H,11H2,(H2,12,13). The molecule has 1 amide bonds. The number of nitrogens with two attached hydrogens (primary N) is 2. The van der Waals surface area contributed by atoms with Gasteiger partial charge in [-0.3, -0.25) is 4.79 Å². The summed E-state index contributed by atoms with van der Waals surface area (Å²) in [7, 11) is 0. The van der Waals surface area contributed by atoms with Gasteiger partial charge in [0.1, 0.15) is 0 Å².